The molecule has 0 saturated carbocycles. The van der Waals surface area contributed by atoms with Crippen LogP contribution in [0.15, 0.2) is 78.9 Å². The van der Waals surface area contributed by atoms with Crippen LogP contribution in [-0.4, -0.2) is 16.8 Å². The first kappa shape index (κ1) is 15.2. The van der Waals surface area contributed by atoms with Crippen LogP contribution in [0, 0.1) is 0 Å². The van der Waals surface area contributed by atoms with Crippen molar-refractivity contribution in [3.8, 4) is 0 Å². The fraction of sp³-hybridized carbons (Fsp3) is 0.136. The van der Waals surface area contributed by atoms with E-state index in [1.165, 1.54) is 28.0 Å². The number of hydrogen-bond donors (Lipinski definition) is 0. The monoisotopic (exact) mass is 332 g/mol. The van der Waals surface area contributed by atoms with E-state index in [2.05, 4.69) is 77.4 Å². The van der Waals surface area contributed by atoms with E-state index in [1.807, 2.05) is 6.07 Å². The Balaban J connectivity index is 1.88. The maximum absolute atomic E-state index is 6.47. The van der Waals surface area contributed by atoms with Crippen molar-refractivity contribution in [1.29, 1.82) is 0 Å². The van der Waals surface area contributed by atoms with Crippen molar-refractivity contribution < 1.29 is 4.58 Å². The minimum absolute atomic E-state index is 0.875. The minimum atomic E-state index is 0.875. The lowest BCUT2D eigenvalue weighted by Gasteiger charge is -2.20. The molecule has 0 unspecified atom stereocenters. The van der Waals surface area contributed by atoms with Crippen molar-refractivity contribution in [2.75, 3.05) is 6.54 Å². The molecule has 0 amide bonds. The van der Waals surface area contributed by atoms with Gasteiger partial charge in [0.05, 0.1) is 5.56 Å². The zero-order valence-electron chi connectivity index (χ0n) is 13.5. The first-order valence-corrected chi connectivity index (χ1v) is 8.70. The van der Waals surface area contributed by atoms with Crippen molar-refractivity contribution in [3.63, 3.8) is 0 Å². The standard InChI is InChI=1S/C22H19ClN/c23-21-13-7-12-20-19(21)14-15-24(16-17-8-3-1-4-9-17)22(20)18-10-5-2-6-11-18/h1-13H,14-16H2/q+1. The Bertz CT molecular complexity index is 882. The Hall–Kier alpha value is -2.38. The molecule has 0 bridgehead atoms. The summed E-state index contributed by atoms with van der Waals surface area (Å²) < 4.78 is 2.48. The van der Waals surface area contributed by atoms with Gasteiger partial charge in [0.15, 0.2) is 6.54 Å². The third-order valence-corrected chi connectivity index (χ3v) is 4.94. The average molecular weight is 333 g/mol. The third kappa shape index (κ3) is 2.88. The third-order valence-electron chi connectivity index (χ3n) is 4.59. The molecule has 118 valence electrons. The molecule has 0 aliphatic carbocycles. The number of nitrogens with zero attached hydrogens (tertiary/aromatic N) is 1. The van der Waals surface area contributed by atoms with Crippen LogP contribution in [0.1, 0.15) is 22.3 Å². The molecule has 0 atom stereocenters. The van der Waals surface area contributed by atoms with E-state index in [4.69, 9.17) is 11.6 Å². The van der Waals surface area contributed by atoms with Gasteiger partial charge in [-0.05, 0) is 29.8 Å². The summed E-state index contributed by atoms with van der Waals surface area (Å²) in [4.78, 5) is 0. The highest BCUT2D eigenvalue weighted by Crippen LogP contribution is 2.27. The lowest BCUT2D eigenvalue weighted by molar-refractivity contribution is -0.544. The van der Waals surface area contributed by atoms with Crippen LogP contribution in [0.4, 0.5) is 0 Å². The fourth-order valence-corrected chi connectivity index (χ4v) is 3.73. The van der Waals surface area contributed by atoms with Crippen LogP contribution >= 0.6 is 11.6 Å². The molecule has 1 nitrogen and oxygen atoms in total. The Kier molecular flexibility index (Phi) is 4.18. The fourth-order valence-electron chi connectivity index (χ4n) is 3.46. The Morgan fingerprint density at radius 1 is 0.792 bits per heavy atom. The molecule has 0 aromatic heterocycles. The highest BCUT2D eigenvalue weighted by Gasteiger charge is 2.28. The predicted octanol–water partition coefficient (Wildman–Crippen LogP) is 4.95. The molecule has 3 aromatic rings. The zero-order chi connectivity index (χ0) is 16.4. The van der Waals surface area contributed by atoms with Gasteiger partial charge in [0, 0.05) is 22.6 Å². The van der Waals surface area contributed by atoms with Crippen LogP contribution in [0.25, 0.3) is 0 Å². The molecule has 1 heterocycles. The minimum Gasteiger partial charge on any atom is -0.224 e. The number of hydrogen-bond acceptors (Lipinski definition) is 0. The summed E-state index contributed by atoms with van der Waals surface area (Å²) in [5, 5.41) is 0.875. The van der Waals surface area contributed by atoms with Crippen molar-refractivity contribution in [2.45, 2.75) is 13.0 Å². The van der Waals surface area contributed by atoms with Crippen molar-refractivity contribution >= 4 is 17.3 Å². The van der Waals surface area contributed by atoms with Gasteiger partial charge in [-0.25, -0.2) is 4.58 Å². The van der Waals surface area contributed by atoms with Crippen molar-refractivity contribution in [3.05, 3.63) is 106 Å². The van der Waals surface area contributed by atoms with E-state index < -0.39 is 0 Å². The van der Waals surface area contributed by atoms with Gasteiger partial charge in [-0.15, -0.1) is 0 Å². The topological polar surface area (TPSA) is 3.01 Å². The first-order chi connectivity index (χ1) is 11.8. The molecule has 1 aliphatic heterocycles. The first-order valence-electron chi connectivity index (χ1n) is 8.32. The molecule has 3 aromatic carbocycles. The summed E-state index contributed by atoms with van der Waals surface area (Å²) in [7, 11) is 0. The lowest BCUT2D eigenvalue weighted by Crippen LogP contribution is -2.30. The van der Waals surface area contributed by atoms with Gasteiger partial charge >= 0.3 is 0 Å². The van der Waals surface area contributed by atoms with Crippen LogP contribution in [0.2, 0.25) is 5.02 Å². The SMILES string of the molecule is Clc1cccc2c1CC[N+](Cc1ccccc1)=C2c1ccccc1. The summed E-state index contributed by atoms with van der Waals surface area (Å²) in [5.74, 6) is 0. The smallest absolute Gasteiger partial charge is 0.215 e. The summed E-state index contributed by atoms with van der Waals surface area (Å²) in [6.07, 6.45) is 0.984. The maximum Gasteiger partial charge on any atom is 0.215 e. The second-order valence-corrected chi connectivity index (χ2v) is 6.54. The quantitative estimate of drug-likeness (QED) is 0.597. The molecule has 0 radical (unpaired) electrons. The average Bonchev–Trinajstić information content (AvgIpc) is 2.63. The number of rotatable bonds is 3. The zero-order valence-corrected chi connectivity index (χ0v) is 14.2. The summed E-state index contributed by atoms with van der Waals surface area (Å²) in [5.41, 5.74) is 6.38. The van der Waals surface area contributed by atoms with Gasteiger partial charge in [0.1, 0.15) is 6.54 Å². The Labute approximate surface area is 147 Å². The molecule has 2 heteroatoms. The van der Waals surface area contributed by atoms with E-state index in [0.29, 0.717) is 0 Å². The largest absolute Gasteiger partial charge is 0.224 e. The maximum atomic E-state index is 6.47. The summed E-state index contributed by atoms with van der Waals surface area (Å²) in [6.45, 7) is 1.90. The van der Waals surface area contributed by atoms with Gasteiger partial charge in [0.2, 0.25) is 5.71 Å². The predicted molar refractivity (Wildman–Crippen MR) is 100 cm³/mol. The Morgan fingerprint density at radius 2 is 1.50 bits per heavy atom. The lowest BCUT2D eigenvalue weighted by atomic mass is 9.92. The molecule has 0 fully saturated rings. The summed E-state index contributed by atoms with van der Waals surface area (Å²) in [6, 6.07) is 27.5. The van der Waals surface area contributed by atoms with Crippen LogP contribution in [-0.2, 0) is 13.0 Å². The molecule has 0 N–H and O–H groups in total. The van der Waals surface area contributed by atoms with E-state index in [1.54, 1.807) is 0 Å². The molecular formula is C22H19ClN+. The molecular weight excluding hydrogens is 314 g/mol. The van der Waals surface area contributed by atoms with Gasteiger partial charge in [0.25, 0.3) is 0 Å². The second kappa shape index (κ2) is 6.62. The highest BCUT2D eigenvalue weighted by atomic mass is 35.5. The Morgan fingerprint density at radius 3 is 2.25 bits per heavy atom. The van der Waals surface area contributed by atoms with E-state index in [9.17, 15) is 0 Å². The molecule has 4 rings (SSSR count). The van der Waals surface area contributed by atoms with E-state index in [-0.39, 0.29) is 0 Å². The van der Waals surface area contributed by atoms with E-state index >= 15 is 0 Å². The molecule has 24 heavy (non-hydrogen) atoms. The molecule has 0 spiro atoms. The van der Waals surface area contributed by atoms with Crippen LogP contribution in [0.5, 0.6) is 0 Å². The number of benzene rings is 3. The van der Waals surface area contributed by atoms with Gasteiger partial charge in [-0.3, -0.25) is 0 Å². The van der Waals surface area contributed by atoms with Crippen LogP contribution in [0.3, 0.4) is 0 Å². The van der Waals surface area contributed by atoms with Gasteiger partial charge < -0.3 is 0 Å². The summed E-state index contributed by atoms with van der Waals surface area (Å²) >= 11 is 6.47. The number of halogens is 1. The van der Waals surface area contributed by atoms with Crippen LogP contribution < -0.4 is 0 Å². The highest BCUT2D eigenvalue weighted by molar-refractivity contribution is 6.32. The van der Waals surface area contributed by atoms with E-state index in [0.717, 1.165) is 24.5 Å². The number of fused-ring (bicyclic) bond motifs is 1. The molecule has 1 aliphatic rings. The van der Waals surface area contributed by atoms with Crippen molar-refractivity contribution in [2.24, 2.45) is 0 Å². The van der Waals surface area contributed by atoms with Gasteiger partial charge in [-0.1, -0.05) is 66.2 Å². The second-order valence-electron chi connectivity index (χ2n) is 6.14. The molecule has 0 saturated heterocycles. The van der Waals surface area contributed by atoms with Gasteiger partial charge in [-0.2, -0.15) is 0 Å². The van der Waals surface area contributed by atoms with Crippen molar-refractivity contribution in [1.82, 2.24) is 0 Å². The normalized spacial score (nSPS) is 13.7.